The topological polar surface area (TPSA) is 90.6 Å². The van der Waals surface area contributed by atoms with Crippen molar-refractivity contribution >= 4 is 31.5 Å². The van der Waals surface area contributed by atoms with Crippen LogP contribution in [-0.2, 0) is 105 Å². The predicted molar refractivity (Wildman–Crippen MR) is 456 cm³/mol. The smallest absolute Gasteiger partial charge is 0.678 e. The van der Waals surface area contributed by atoms with Crippen LogP contribution in [0.3, 0.4) is 0 Å². The van der Waals surface area contributed by atoms with Crippen molar-refractivity contribution in [2.75, 3.05) is 26.2 Å². The van der Waals surface area contributed by atoms with Gasteiger partial charge in [-0.25, -0.2) is 12.3 Å². The molecule has 0 spiro atoms. The summed E-state index contributed by atoms with van der Waals surface area (Å²) >= 11 is 0. The summed E-state index contributed by atoms with van der Waals surface area (Å²) in [4.78, 5) is 0. The minimum Gasteiger partial charge on any atom is -0.678 e. The van der Waals surface area contributed by atoms with Crippen LogP contribution in [0.5, 0.6) is 0 Å². The van der Waals surface area contributed by atoms with E-state index in [0.29, 0.717) is 11.1 Å². The second-order valence-corrected chi connectivity index (χ2v) is 34.5. The summed E-state index contributed by atoms with van der Waals surface area (Å²) in [7, 11) is 0. The van der Waals surface area contributed by atoms with Crippen molar-refractivity contribution in [1.29, 1.82) is 0 Å². The van der Waals surface area contributed by atoms with E-state index in [1.165, 1.54) is 11.7 Å². The van der Waals surface area contributed by atoms with Gasteiger partial charge in [0.15, 0.2) is 0 Å². The summed E-state index contributed by atoms with van der Waals surface area (Å²) in [5.74, 6) is 21.1. The van der Waals surface area contributed by atoms with E-state index < -0.39 is 0 Å². The van der Waals surface area contributed by atoms with Gasteiger partial charge in [-0.3, -0.25) is 10.6 Å². The molecule has 4 atom stereocenters. The molecule has 6 rings (SSSR count). The third-order valence-electron chi connectivity index (χ3n) is 22.7. The third-order valence-corrected chi connectivity index (χ3v) is 22.7. The van der Waals surface area contributed by atoms with Crippen LogP contribution in [0.25, 0.3) is 31.9 Å². The Morgan fingerprint density at radius 3 is 0.500 bits per heavy atom. The monoisotopic (exact) mass is 1730 g/mol. The van der Waals surface area contributed by atoms with Gasteiger partial charge in [-0.1, -0.05) is 194 Å². The van der Waals surface area contributed by atoms with Gasteiger partial charge in [-0.05, 0) is 201 Å². The molecule has 4 aliphatic carbocycles. The molecule has 2 aliphatic heterocycles. The van der Waals surface area contributed by atoms with Gasteiger partial charge in [0.2, 0.25) is 0 Å². The summed E-state index contributed by atoms with van der Waals surface area (Å²) in [5.41, 5.74) is 0.944. The van der Waals surface area contributed by atoms with Crippen LogP contribution in [0, 0.1) is 178 Å². The molecular weight excluding hydrogens is 1550 g/mol. The molecular formula is C84H186N8P2Zr4+2. The van der Waals surface area contributed by atoms with Gasteiger partial charge < -0.3 is 89.8 Å². The maximum absolute atomic E-state index is 4.61. The van der Waals surface area contributed by atoms with Gasteiger partial charge in [-0.15, -0.1) is 24.9 Å². The van der Waals surface area contributed by atoms with Crippen LogP contribution in [0.15, 0.2) is 0 Å². The fourth-order valence-electron chi connectivity index (χ4n) is 14.2. The zero-order valence-corrected chi connectivity index (χ0v) is 89.2. The van der Waals surface area contributed by atoms with Crippen LogP contribution >= 0.6 is 19.8 Å². The van der Waals surface area contributed by atoms with Gasteiger partial charge in [0, 0.05) is 13.1 Å². The Balaban J connectivity index is -0.0000000549. The molecule has 0 N–H and O–H groups in total. The molecule has 0 amide bonds. The van der Waals surface area contributed by atoms with E-state index in [1.807, 2.05) is 27.7 Å². The SMILES string of the molecule is CC([N-]C(C)(C)C)=[N+]1CC1(C)C.CC([N-]C(C)(C)C)=[N+]1CC1(C)C.CC1C(C)C(C)C(C)C1C.CC1C(C)C(C)C(C)C1C.CC1C(C)C(C)C(C)C1C.CC1C(C)C(C)C(C)C1C.CC[N-]C(C)[N-]C(C)(C)C.CC[N-]C(C)[N-]C(C)(C)C.P.P.[CH3-].[CH3-].[CH3-].[CH3-].[CH3-].[CH3-].[CH3-].[CH3-].[Zr+3].[Zr+3].[Zr+4].[Zr+4]. The van der Waals surface area contributed by atoms with Crippen LogP contribution in [0.2, 0.25) is 0 Å². The number of hydrogen-bond donors (Lipinski definition) is 0. The molecule has 4 saturated carbocycles. The van der Waals surface area contributed by atoms with E-state index in [9.17, 15) is 0 Å². The molecule has 586 valence electrons. The number of nitrogens with zero attached hydrogens (tertiary/aromatic N) is 8. The Morgan fingerprint density at radius 1 is 0.316 bits per heavy atom. The molecule has 2 heterocycles. The van der Waals surface area contributed by atoms with Crippen molar-refractivity contribution in [1.82, 2.24) is 0 Å². The predicted octanol–water partition coefficient (Wildman–Crippen LogP) is 27.0. The zero-order valence-electron chi connectivity index (χ0n) is 76.5. The molecule has 6 aliphatic rings. The molecule has 0 aromatic rings. The van der Waals surface area contributed by atoms with Crippen LogP contribution < -0.4 is 0 Å². The Bertz CT molecular complexity index is 1540. The number of rotatable bonds is 6. The first kappa shape index (κ1) is 140. The molecule has 4 unspecified atom stereocenters. The van der Waals surface area contributed by atoms with E-state index in [4.69, 9.17) is 0 Å². The summed E-state index contributed by atoms with van der Waals surface area (Å²) in [6.07, 6.45) is 0.315. The minimum absolute atomic E-state index is 0. The molecule has 0 aromatic carbocycles. The van der Waals surface area contributed by atoms with E-state index in [0.717, 1.165) is 145 Å². The molecule has 0 aromatic heterocycles. The average Bonchev–Trinajstić information content (AvgIpc) is 4.15. The van der Waals surface area contributed by atoms with Crippen LogP contribution in [0.1, 0.15) is 291 Å². The van der Waals surface area contributed by atoms with Gasteiger partial charge in [0.05, 0.1) is 33.8 Å². The maximum atomic E-state index is 4.61. The van der Waals surface area contributed by atoms with Crippen molar-refractivity contribution in [2.24, 2.45) is 118 Å². The largest absolute Gasteiger partial charge is 4.00 e. The molecule has 6 fully saturated rings. The first-order valence-corrected chi connectivity index (χ1v) is 35.0. The third kappa shape index (κ3) is 52.3. The normalized spacial score (nSPS) is 31.9. The first-order chi connectivity index (χ1) is 37.6. The molecule has 2 radical (unpaired) electrons. The number of amidine groups is 2. The Morgan fingerprint density at radius 2 is 0.429 bits per heavy atom. The van der Waals surface area contributed by atoms with E-state index in [2.05, 4.69) is 304 Å². The fraction of sp³-hybridized carbons (Fsp3) is 0.881. The maximum Gasteiger partial charge on any atom is 4.00 e. The average molecular weight is 1740 g/mol. The summed E-state index contributed by atoms with van der Waals surface area (Å²) in [6, 6.07) is 0. The summed E-state index contributed by atoms with van der Waals surface area (Å²) in [6.45, 7) is 98.6. The Kier molecular flexibility index (Phi) is 87.0. The molecule has 8 nitrogen and oxygen atoms in total. The molecule has 98 heavy (non-hydrogen) atoms. The zero-order chi connectivity index (χ0) is 67.1. The summed E-state index contributed by atoms with van der Waals surface area (Å²) in [5, 5.41) is 26.6. The van der Waals surface area contributed by atoms with E-state index in [1.54, 1.807) is 0 Å². The van der Waals surface area contributed by atoms with Crippen LogP contribution in [0.4, 0.5) is 0 Å². The van der Waals surface area contributed by atoms with Crippen LogP contribution in [-0.4, -0.2) is 92.6 Å². The Labute approximate surface area is 710 Å². The quantitative estimate of drug-likeness (QED) is 0.0834. The molecule has 2 saturated heterocycles. The number of hydrogen-bond acceptors (Lipinski definition) is 0. The van der Waals surface area contributed by atoms with Crippen molar-refractivity contribution in [3.8, 4) is 0 Å². The van der Waals surface area contributed by atoms with Crippen molar-refractivity contribution in [3.05, 3.63) is 91.3 Å². The van der Waals surface area contributed by atoms with Gasteiger partial charge in [0.25, 0.3) is 0 Å². The first-order valence-electron chi connectivity index (χ1n) is 35.0. The fourth-order valence-corrected chi connectivity index (χ4v) is 14.2. The molecule has 14 heteroatoms. The summed E-state index contributed by atoms with van der Waals surface area (Å²) < 4.78 is 4.66. The second kappa shape index (κ2) is 60.9. The van der Waals surface area contributed by atoms with E-state index in [-0.39, 0.29) is 219 Å². The Hall–Kier alpha value is 3.17. The van der Waals surface area contributed by atoms with Crippen molar-refractivity contribution in [2.45, 2.75) is 336 Å². The minimum atomic E-state index is 0. The second-order valence-electron chi connectivity index (χ2n) is 34.5. The van der Waals surface area contributed by atoms with Gasteiger partial charge in [-0.2, -0.15) is 32.9 Å². The van der Waals surface area contributed by atoms with Crippen molar-refractivity contribution < 1.29 is 114 Å². The molecule has 0 bridgehead atoms. The standard InChI is InChI=1S/2C10H20N2.4C10H20.2C8H18N2.8CH3.2H3P.4Zr/c2*1-8(11-9(2,3)4)12-7-10(12,5)6;4*1-6-7(2)9(4)10(5)8(6)3;2*1-6-9-7(2)10-8(3,4)5;;;;;;;;;;;;;;/h2*7H2,1-6H3;4*6-10H,1-5H3;2*7H,6H2,1-5H3;10*1H3;;;;/q;;;;;;2*-2;8*-1;;;2*+3;2*+4. The van der Waals surface area contributed by atoms with Gasteiger partial charge in [0.1, 0.15) is 0 Å². The van der Waals surface area contributed by atoms with Gasteiger partial charge >= 0.3 is 105 Å². The van der Waals surface area contributed by atoms with E-state index >= 15 is 0 Å². The van der Waals surface area contributed by atoms with Crippen molar-refractivity contribution in [3.63, 3.8) is 0 Å².